The maximum absolute atomic E-state index is 5.47. The number of pyridine rings is 1. The molecule has 0 amide bonds. The quantitative estimate of drug-likeness (QED) is 0.838. The van der Waals surface area contributed by atoms with Gasteiger partial charge in [0.1, 0.15) is 0 Å². The van der Waals surface area contributed by atoms with Gasteiger partial charge in [-0.3, -0.25) is 4.98 Å². The van der Waals surface area contributed by atoms with E-state index in [0.717, 1.165) is 16.7 Å². The molecule has 3 N–H and O–H groups in total. The summed E-state index contributed by atoms with van der Waals surface area (Å²) in [6.45, 7) is 3.47. The number of hydrogen-bond donors (Lipinski definition) is 2. The van der Waals surface area contributed by atoms with Gasteiger partial charge in [0.2, 0.25) is 0 Å². The van der Waals surface area contributed by atoms with Crippen LogP contribution in [0.5, 0.6) is 0 Å². The van der Waals surface area contributed by atoms with E-state index in [4.69, 9.17) is 5.73 Å². The molecule has 1 aromatic rings. The van der Waals surface area contributed by atoms with Gasteiger partial charge in [-0.2, -0.15) is 0 Å². The first-order valence-electron chi connectivity index (χ1n) is 4.26. The van der Waals surface area contributed by atoms with Crippen molar-refractivity contribution in [2.75, 3.05) is 6.54 Å². The average molecular weight is 244 g/mol. The van der Waals surface area contributed by atoms with E-state index in [9.17, 15) is 0 Å². The van der Waals surface area contributed by atoms with E-state index in [1.807, 2.05) is 12.1 Å². The Morgan fingerprint density at radius 2 is 2.38 bits per heavy atom. The highest BCUT2D eigenvalue weighted by molar-refractivity contribution is 9.10. The van der Waals surface area contributed by atoms with Gasteiger partial charge >= 0.3 is 0 Å². The Hall–Kier alpha value is -0.450. The third kappa shape index (κ3) is 3.85. The summed E-state index contributed by atoms with van der Waals surface area (Å²) in [5, 5.41) is 3.27. The van der Waals surface area contributed by atoms with E-state index in [1.165, 1.54) is 0 Å². The number of halogens is 1. The topological polar surface area (TPSA) is 50.9 Å². The summed E-state index contributed by atoms with van der Waals surface area (Å²) in [4.78, 5) is 4.23. The molecule has 1 heterocycles. The van der Waals surface area contributed by atoms with Gasteiger partial charge in [0.05, 0.1) is 5.69 Å². The molecule has 0 fully saturated rings. The van der Waals surface area contributed by atoms with E-state index in [0.29, 0.717) is 12.6 Å². The summed E-state index contributed by atoms with van der Waals surface area (Å²) < 4.78 is 1.00. The second kappa shape index (κ2) is 5.32. The van der Waals surface area contributed by atoms with Gasteiger partial charge in [-0.1, -0.05) is 0 Å². The van der Waals surface area contributed by atoms with Crippen LogP contribution >= 0.6 is 15.9 Å². The molecule has 0 spiro atoms. The van der Waals surface area contributed by atoms with Gasteiger partial charge in [0.15, 0.2) is 0 Å². The van der Waals surface area contributed by atoms with E-state index >= 15 is 0 Å². The Balaban J connectivity index is 2.41. The summed E-state index contributed by atoms with van der Waals surface area (Å²) in [5.74, 6) is 0. The molecule has 0 aliphatic rings. The van der Waals surface area contributed by atoms with Crippen LogP contribution in [0.4, 0.5) is 0 Å². The molecule has 0 aliphatic heterocycles. The fraction of sp³-hybridized carbons (Fsp3) is 0.444. The van der Waals surface area contributed by atoms with Crippen molar-refractivity contribution in [2.24, 2.45) is 5.73 Å². The zero-order valence-electron chi connectivity index (χ0n) is 7.63. The van der Waals surface area contributed by atoms with Gasteiger partial charge in [-0.05, 0) is 35.0 Å². The van der Waals surface area contributed by atoms with Gasteiger partial charge in [0.25, 0.3) is 0 Å². The first kappa shape index (κ1) is 10.6. The molecule has 0 saturated carbocycles. The first-order chi connectivity index (χ1) is 6.22. The van der Waals surface area contributed by atoms with Gasteiger partial charge in [-0.25, -0.2) is 0 Å². The lowest BCUT2D eigenvalue weighted by Gasteiger charge is -2.10. The highest BCUT2D eigenvalue weighted by atomic mass is 79.9. The van der Waals surface area contributed by atoms with Crippen LogP contribution < -0.4 is 11.1 Å². The second-order valence-corrected chi connectivity index (χ2v) is 3.90. The standard InChI is InChI=1S/C9H14BrN3/c1-7(4-11)12-6-9-3-2-8(10)5-13-9/h2-3,5,7,12H,4,6,11H2,1H3. The third-order valence-electron chi connectivity index (χ3n) is 1.77. The Morgan fingerprint density at radius 1 is 1.62 bits per heavy atom. The molecule has 1 unspecified atom stereocenters. The summed E-state index contributed by atoms with van der Waals surface area (Å²) in [6, 6.07) is 4.31. The lowest BCUT2D eigenvalue weighted by atomic mass is 10.3. The number of hydrogen-bond acceptors (Lipinski definition) is 3. The van der Waals surface area contributed by atoms with Gasteiger partial charge in [-0.15, -0.1) is 0 Å². The van der Waals surface area contributed by atoms with E-state index in [2.05, 4.69) is 33.2 Å². The molecule has 0 saturated heterocycles. The second-order valence-electron chi connectivity index (χ2n) is 2.99. The zero-order valence-corrected chi connectivity index (χ0v) is 9.21. The van der Waals surface area contributed by atoms with Crippen LogP contribution in [-0.2, 0) is 6.54 Å². The molecule has 13 heavy (non-hydrogen) atoms. The van der Waals surface area contributed by atoms with Crippen molar-refractivity contribution in [3.05, 3.63) is 28.5 Å². The van der Waals surface area contributed by atoms with E-state index in [-0.39, 0.29) is 0 Å². The highest BCUT2D eigenvalue weighted by Gasteiger charge is 1.98. The highest BCUT2D eigenvalue weighted by Crippen LogP contribution is 2.07. The minimum atomic E-state index is 0.338. The van der Waals surface area contributed by atoms with Crippen molar-refractivity contribution in [3.8, 4) is 0 Å². The summed E-state index contributed by atoms with van der Waals surface area (Å²) in [7, 11) is 0. The first-order valence-corrected chi connectivity index (χ1v) is 5.05. The van der Waals surface area contributed by atoms with Crippen molar-refractivity contribution in [3.63, 3.8) is 0 Å². The average Bonchev–Trinajstić information content (AvgIpc) is 2.16. The molecule has 1 aromatic heterocycles. The van der Waals surface area contributed by atoms with Crippen LogP contribution in [0, 0.1) is 0 Å². The Morgan fingerprint density at radius 3 is 2.92 bits per heavy atom. The smallest absolute Gasteiger partial charge is 0.0542 e. The van der Waals surface area contributed by atoms with Crippen molar-refractivity contribution in [2.45, 2.75) is 19.5 Å². The molecule has 0 aliphatic carbocycles. The number of rotatable bonds is 4. The lowest BCUT2D eigenvalue weighted by Crippen LogP contribution is -2.32. The van der Waals surface area contributed by atoms with Crippen molar-refractivity contribution >= 4 is 15.9 Å². The minimum absolute atomic E-state index is 0.338. The van der Waals surface area contributed by atoms with Crippen LogP contribution in [0.15, 0.2) is 22.8 Å². The molecule has 0 bridgehead atoms. The molecule has 0 aromatic carbocycles. The third-order valence-corrected chi connectivity index (χ3v) is 2.24. The fourth-order valence-electron chi connectivity index (χ4n) is 0.873. The molecular weight excluding hydrogens is 230 g/mol. The van der Waals surface area contributed by atoms with Gasteiger partial charge < -0.3 is 11.1 Å². The number of nitrogens with one attached hydrogen (secondary N) is 1. The minimum Gasteiger partial charge on any atom is -0.329 e. The summed E-state index contributed by atoms with van der Waals surface area (Å²) in [5.41, 5.74) is 6.50. The van der Waals surface area contributed by atoms with Crippen LogP contribution in [0.25, 0.3) is 0 Å². The predicted octanol–water partition coefficient (Wildman–Crippen LogP) is 1.28. The Kier molecular flexibility index (Phi) is 4.35. The molecular formula is C9H14BrN3. The molecule has 4 heteroatoms. The van der Waals surface area contributed by atoms with E-state index in [1.54, 1.807) is 6.20 Å². The maximum Gasteiger partial charge on any atom is 0.0542 e. The van der Waals surface area contributed by atoms with Crippen molar-refractivity contribution < 1.29 is 0 Å². The SMILES string of the molecule is CC(CN)NCc1ccc(Br)cn1. The molecule has 1 atom stereocenters. The summed E-state index contributed by atoms with van der Waals surface area (Å²) in [6.07, 6.45) is 1.80. The molecule has 72 valence electrons. The normalized spacial score (nSPS) is 12.8. The van der Waals surface area contributed by atoms with Crippen molar-refractivity contribution in [1.82, 2.24) is 10.3 Å². The Bertz CT molecular complexity index is 248. The Labute approximate surface area is 86.9 Å². The number of nitrogens with zero attached hydrogens (tertiary/aromatic N) is 1. The monoisotopic (exact) mass is 243 g/mol. The van der Waals surface area contributed by atoms with Crippen LogP contribution in [0.1, 0.15) is 12.6 Å². The van der Waals surface area contributed by atoms with E-state index < -0.39 is 0 Å². The largest absolute Gasteiger partial charge is 0.329 e. The predicted molar refractivity (Wildman–Crippen MR) is 57.3 cm³/mol. The number of aromatic nitrogens is 1. The van der Waals surface area contributed by atoms with Crippen molar-refractivity contribution in [1.29, 1.82) is 0 Å². The maximum atomic E-state index is 5.47. The van der Waals surface area contributed by atoms with Crippen LogP contribution in [0.3, 0.4) is 0 Å². The number of nitrogens with two attached hydrogens (primary N) is 1. The molecule has 0 radical (unpaired) electrons. The molecule has 1 rings (SSSR count). The zero-order chi connectivity index (χ0) is 9.68. The lowest BCUT2D eigenvalue weighted by molar-refractivity contribution is 0.550. The van der Waals surface area contributed by atoms with Crippen LogP contribution in [-0.4, -0.2) is 17.6 Å². The van der Waals surface area contributed by atoms with Gasteiger partial charge in [0, 0.05) is 29.8 Å². The van der Waals surface area contributed by atoms with Crippen LogP contribution in [0.2, 0.25) is 0 Å². The summed E-state index contributed by atoms with van der Waals surface area (Å²) >= 11 is 3.34. The molecule has 3 nitrogen and oxygen atoms in total. The fourth-order valence-corrected chi connectivity index (χ4v) is 1.11.